The molecule has 0 saturated carbocycles. The molecule has 12 nitrogen and oxygen atoms in total. The fraction of sp³-hybridized carbons (Fsp3) is 0.852. The number of carbonyl (C=O) groups excluding carboxylic acids is 4. The number of quaternary nitrogens is 1. The number of amides is 3. The molecule has 3 N–H and O–H groups in total. The summed E-state index contributed by atoms with van der Waals surface area (Å²) >= 11 is 0. The van der Waals surface area contributed by atoms with Crippen LogP contribution in [-0.4, -0.2) is 111 Å². The van der Waals surface area contributed by atoms with Crippen molar-refractivity contribution in [2.45, 2.75) is 72.3 Å². The first-order valence-electron chi connectivity index (χ1n) is 14.0. The Kier molecular flexibility index (Phi) is 13.0. The van der Waals surface area contributed by atoms with Crippen LogP contribution in [0.2, 0.25) is 0 Å². The Morgan fingerprint density at radius 1 is 1.10 bits per heavy atom. The molecule has 0 spiro atoms. The van der Waals surface area contributed by atoms with Gasteiger partial charge < -0.3 is 24.8 Å². The second-order valence-electron chi connectivity index (χ2n) is 13.2. The van der Waals surface area contributed by atoms with Gasteiger partial charge in [0.2, 0.25) is 17.7 Å². The van der Waals surface area contributed by atoms with Crippen LogP contribution in [0.3, 0.4) is 0 Å². The van der Waals surface area contributed by atoms with E-state index in [2.05, 4.69) is 10.6 Å². The minimum atomic E-state index is -4.37. The van der Waals surface area contributed by atoms with Gasteiger partial charge in [-0.05, 0) is 53.4 Å². The summed E-state index contributed by atoms with van der Waals surface area (Å²) in [6, 6.07) is 0. The third-order valence-electron chi connectivity index (χ3n) is 6.97. The van der Waals surface area contributed by atoms with E-state index >= 15 is 0 Å². The van der Waals surface area contributed by atoms with Crippen LogP contribution in [0.15, 0.2) is 0 Å². The van der Waals surface area contributed by atoms with E-state index in [1.165, 1.54) is 13.8 Å². The van der Waals surface area contributed by atoms with Gasteiger partial charge in [-0.15, -0.1) is 0 Å². The maximum Gasteiger partial charge on any atom is 0.311 e. The van der Waals surface area contributed by atoms with Gasteiger partial charge in [0.05, 0.1) is 57.5 Å². The number of ether oxygens (including phenoxy) is 1. The lowest BCUT2D eigenvalue weighted by atomic mass is 9.78. The summed E-state index contributed by atoms with van der Waals surface area (Å²) in [5.74, 6) is -3.24. The molecule has 232 valence electrons. The second kappa shape index (κ2) is 14.6. The zero-order valence-electron chi connectivity index (χ0n) is 25.5. The summed E-state index contributed by atoms with van der Waals surface area (Å²) in [7, 11) is 1.68. The Morgan fingerprint density at radius 2 is 1.73 bits per heavy atom. The van der Waals surface area contributed by atoms with E-state index in [-0.39, 0.29) is 31.3 Å². The van der Waals surface area contributed by atoms with Gasteiger partial charge in [-0.25, -0.2) is 0 Å². The van der Waals surface area contributed by atoms with Crippen molar-refractivity contribution in [3.8, 4) is 0 Å². The molecule has 0 aromatic carbocycles. The average Bonchev–Trinajstić information content (AvgIpc) is 3.17. The molecule has 2 atom stereocenters. The van der Waals surface area contributed by atoms with E-state index < -0.39 is 50.5 Å². The van der Waals surface area contributed by atoms with E-state index in [4.69, 9.17) is 4.74 Å². The number of esters is 1. The van der Waals surface area contributed by atoms with Crippen LogP contribution >= 0.6 is 0 Å². The Bertz CT molecular complexity index is 1000. The van der Waals surface area contributed by atoms with Gasteiger partial charge in [0.15, 0.2) is 0 Å². The van der Waals surface area contributed by atoms with Crippen molar-refractivity contribution in [1.82, 2.24) is 15.5 Å². The summed E-state index contributed by atoms with van der Waals surface area (Å²) in [5, 5.41) is 5.62. The first-order valence-corrected chi connectivity index (χ1v) is 15.6. The number of nitrogens with one attached hydrogen (secondary N) is 2. The first-order chi connectivity index (χ1) is 18.2. The van der Waals surface area contributed by atoms with Gasteiger partial charge >= 0.3 is 5.97 Å². The van der Waals surface area contributed by atoms with Crippen molar-refractivity contribution in [2.24, 2.45) is 17.3 Å². The van der Waals surface area contributed by atoms with Crippen molar-refractivity contribution in [2.75, 3.05) is 59.7 Å². The molecule has 1 aliphatic rings. The minimum absolute atomic E-state index is 0.0323. The minimum Gasteiger partial charge on any atom is -0.463 e. The van der Waals surface area contributed by atoms with Crippen molar-refractivity contribution >= 4 is 33.8 Å². The molecule has 2 unspecified atom stereocenters. The molecule has 0 aromatic rings. The summed E-state index contributed by atoms with van der Waals surface area (Å²) in [6.07, 6.45) is 1.92. The van der Waals surface area contributed by atoms with Crippen LogP contribution in [0.4, 0.5) is 0 Å². The van der Waals surface area contributed by atoms with Crippen LogP contribution in [0.25, 0.3) is 0 Å². The molecule has 1 rings (SSSR count). The van der Waals surface area contributed by atoms with E-state index in [1.807, 2.05) is 28.1 Å². The predicted molar refractivity (Wildman–Crippen MR) is 152 cm³/mol. The Morgan fingerprint density at radius 3 is 2.23 bits per heavy atom. The van der Waals surface area contributed by atoms with Crippen LogP contribution < -0.4 is 10.6 Å². The molecular formula is C27H51N4O8S+. The van der Waals surface area contributed by atoms with E-state index in [9.17, 15) is 32.1 Å². The third-order valence-corrected chi connectivity index (χ3v) is 8.05. The molecule has 1 aliphatic heterocycles. The number of nitrogens with zero attached hydrogens (tertiary/aromatic N) is 2. The van der Waals surface area contributed by atoms with Gasteiger partial charge in [0, 0.05) is 24.8 Å². The quantitative estimate of drug-likeness (QED) is 0.129. The Labute approximate surface area is 239 Å². The predicted octanol–water partition coefficient (Wildman–Crippen LogP) is 1.21. The fourth-order valence-corrected chi connectivity index (χ4v) is 5.74. The molecule has 0 aliphatic carbocycles. The van der Waals surface area contributed by atoms with E-state index in [0.29, 0.717) is 37.0 Å². The summed E-state index contributed by atoms with van der Waals surface area (Å²) in [4.78, 5) is 53.0. The van der Waals surface area contributed by atoms with Crippen LogP contribution in [-0.2, 0) is 34.0 Å². The van der Waals surface area contributed by atoms with Crippen molar-refractivity contribution in [3.63, 3.8) is 0 Å². The lowest BCUT2D eigenvalue weighted by molar-refractivity contribution is -0.869. The lowest BCUT2D eigenvalue weighted by Gasteiger charge is -2.32. The van der Waals surface area contributed by atoms with Crippen molar-refractivity contribution in [1.29, 1.82) is 0 Å². The zero-order valence-corrected chi connectivity index (χ0v) is 26.4. The molecule has 1 saturated heterocycles. The van der Waals surface area contributed by atoms with E-state index in [1.54, 1.807) is 18.7 Å². The van der Waals surface area contributed by atoms with Crippen LogP contribution in [0.5, 0.6) is 0 Å². The topological polar surface area (TPSA) is 159 Å². The molecule has 13 heteroatoms. The normalized spacial score (nSPS) is 16.4. The highest BCUT2D eigenvalue weighted by Gasteiger charge is 2.39. The molecule has 0 bridgehead atoms. The smallest absolute Gasteiger partial charge is 0.311 e. The zero-order chi connectivity index (χ0) is 30.9. The summed E-state index contributed by atoms with van der Waals surface area (Å²) in [5.41, 5.74) is -2.40. The largest absolute Gasteiger partial charge is 0.463 e. The highest BCUT2D eigenvalue weighted by Crippen LogP contribution is 2.32. The maximum absolute atomic E-state index is 13.5. The van der Waals surface area contributed by atoms with Crippen molar-refractivity contribution in [3.05, 3.63) is 0 Å². The van der Waals surface area contributed by atoms with Gasteiger partial charge in [0.1, 0.15) is 6.61 Å². The molecule has 1 fully saturated rings. The van der Waals surface area contributed by atoms with Gasteiger partial charge in [-0.1, -0.05) is 6.92 Å². The lowest BCUT2D eigenvalue weighted by Crippen LogP contribution is -2.51. The van der Waals surface area contributed by atoms with Gasteiger partial charge in [-0.2, -0.15) is 8.42 Å². The number of rotatable bonds is 17. The number of hydrogen-bond acceptors (Lipinski definition) is 7. The summed E-state index contributed by atoms with van der Waals surface area (Å²) in [6.45, 7) is 10.3. The molecule has 3 amide bonds. The second-order valence-corrected chi connectivity index (χ2v) is 14.6. The highest BCUT2D eigenvalue weighted by atomic mass is 32.2. The molecule has 1 heterocycles. The number of carbonyl (C=O) groups is 4. The van der Waals surface area contributed by atoms with Gasteiger partial charge in [-0.3, -0.25) is 23.7 Å². The van der Waals surface area contributed by atoms with Crippen molar-refractivity contribution < 1.29 is 41.4 Å². The fourth-order valence-electron chi connectivity index (χ4n) is 4.76. The van der Waals surface area contributed by atoms with Crippen LogP contribution in [0, 0.1) is 17.3 Å². The highest BCUT2D eigenvalue weighted by molar-refractivity contribution is 7.85. The Balaban J connectivity index is 3.02. The summed E-state index contributed by atoms with van der Waals surface area (Å²) < 4.78 is 38.4. The number of likely N-dealkylation sites (N-methyl/N-ethyl adjacent to an activating group) is 1. The number of hydrogen-bond donors (Lipinski definition) is 3. The third kappa shape index (κ3) is 13.4. The first kappa shape index (κ1) is 35.8. The number of likely N-dealkylation sites (tertiary alicyclic amines) is 1. The standard InChI is InChI=1S/C27H50N4O8S/c1-9-20(23(33)28-12-15-31(6,7)8)17-21(24(34)29-27(4,5)19-40(36,37)38)18-26(2,3)25(35)39-16-14-30-13-10-11-22(30)32/h20-21H,9-19H2,1-8H3,(H2-,28,29,33,34,36,37,38)/p+1. The maximum atomic E-state index is 13.5. The average molecular weight is 592 g/mol. The SMILES string of the molecule is CCC(CC(CC(C)(C)C(=O)OCCN1CCCC1=O)C(=O)NC(C)(C)CS(=O)(=O)O)C(=O)NCC[N+](C)(C)C. The monoisotopic (exact) mass is 591 g/mol. The van der Waals surface area contributed by atoms with Crippen LogP contribution in [0.1, 0.15) is 66.7 Å². The molecule has 0 aromatic heterocycles. The van der Waals surface area contributed by atoms with Gasteiger partial charge in [0.25, 0.3) is 10.1 Å². The Hall–Kier alpha value is -2.25. The molecular weight excluding hydrogens is 540 g/mol. The molecule has 40 heavy (non-hydrogen) atoms. The molecule has 0 radical (unpaired) electrons. The van der Waals surface area contributed by atoms with E-state index in [0.717, 1.165) is 13.0 Å².